The fraction of sp³-hybridized carbons (Fsp3) is 0.0455. The first kappa shape index (κ1) is 13.3. The monoisotopic (exact) mass is 308 g/mol. The molecule has 5 rings (SSSR count). The third-order valence-electron chi connectivity index (χ3n) is 4.68. The molecule has 0 fully saturated rings. The minimum absolute atomic E-state index is 0.950. The van der Waals surface area contributed by atoms with Crippen LogP contribution in [0.1, 0.15) is 5.56 Å². The lowest BCUT2D eigenvalue weighted by atomic mass is 9.96. The Labute approximate surface area is 139 Å². The molecule has 2 heterocycles. The number of hydrogen-bond donors (Lipinski definition) is 1. The molecule has 0 radical (unpaired) electrons. The first-order valence-corrected chi connectivity index (χ1v) is 8.17. The van der Waals surface area contributed by atoms with Gasteiger partial charge in [-0.2, -0.15) is 0 Å². The summed E-state index contributed by atoms with van der Waals surface area (Å²) in [7, 11) is 0. The number of H-pyrrole nitrogens is 1. The Morgan fingerprint density at radius 1 is 0.750 bits per heavy atom. The van der Waals surface area contributed by atoms with Gasteiger partial charge < -0.3 is 4.98 Å². The number of nitrogens with zero attached hydrogens (tertiary/aromatic N) is 1. The summed E-state index contributed by atoms with van der Waals surface area (Å²) in [6.07, 6.45) is 0. The molecule has 2 heteroatoms. The van der Waals surface area contributed by atoms with Gasteiger partial charge in [-0.15, -0.1) is 0 Å². The summed E-state index contributed by atoms with van der Waals surface area (Å²) >= 11 is 0. The quantitative estimate of drug-likeness (QED) is 0.414. The average molecular weight is 308 g/mol. The Kier molecular flexibility index (Phi) is 2.74. The lowest BCUT2D eigenvalue weighted by Crippen LogP contribution is -1.88. The molecular weight excluding hydrogens is 292 g/mol. The number of aryl methyl sites for hydroxylation is 1. The van der Waals surface area contributed by atoms with Gasteiger partial charge >= 0.3 is 0 Å². The van der Waals surface area contributed by atoms with Crippen molar-refractivity contribution in [2.24, 2.45) is 0 Å². The summed E-state index contributed by atoms with van der Waals surface area (Å²) in [5.74, 6) is 0. The number of pyridine rings is 1. The molecule has 0 spiro atoms. The van der Waals surface area contributed by atoms with Crippen molar-refractivity contribution >= 4 is 32.8 Å². The highest BCUT2D eigenvalue weighted by molar-refractivity contribution is 6.19. The van der Waals surface area contributed by atoms with Crippen LogP contribution in [0.2, 0.25) is 0 Å². The van der Waals surface area contributed by atoms with Crippen molar-refractivity contribution in [3.8, 4) is 11.1 Å². The molecule has 0 amide bonds. The van der Waals surface area contributed by atoms with E-state index in [1.54, 1.807) is 0 Å². The van der Waals surface area contributed by atoms with Gasteiger partial charge in [0.05, 0.1) is 5.52 Å². The van der Waals surface area contributed by atoms with E-state index in [1.807, 2.05) is 6.07 Å². The van der Waals surface area contributed by atoms with Crippen LogP contribution in [-0.2, 0) is 0 Å². The van der Waals surface area contributed by atoms with Gasteiger partial charge in [-0.3, -0.25) is 0 Å². The molecule has 2 aromatic heterocycles. The van der Waals surface area contributed by atoms with E-state index in [2.05, 4.69) is 78.6 Å². The van der Waals surface area contributed by atoms with Crippen LogP contribution in [0.15, 0.2) is 72.8 Å². The first-order valence-electron chi connectivity index (χ1n) is 8.17. The van der Waals surface area contributed by atoms with Crippen LogP contribution >= 0.6 is 0 Å². The smallest absolute Gasteiger partial charge is 0.139 e. The number of benzene rings is 3. The Morgan fingerprint density at radius 2 is 1.46 bits per heavy atom. The normalized spacial score (nSPS) is 11.5. The summed E-state index contributed by atoms with van der Waals surface area (Å²) in [6, 6.07) is 25.6. The molecule has 24 heavy (non-hydrogen) atoms. The molecule has 3 aromatic carbocycles. The van der Waals surface area contributed by atoms with Crippen molar-refractivity contribution < 1.29 is 0 Å². The van der Waals surface area contributed by atoms with E-state index in [4.69, 9.17) is 4.98 Å². The fourth-order valence-corrected chi connectivity index (χ4v) is 3.52. The largest absolute Gasteiger partial charge is 0.339 e. The Hall–Kier alpha value is -3.13. The van der Waals surface area contributed by atoms with Crippen LogP contribution in [0.3, 0.4) is 0 Å². The van der Waals surface area contributed by atoms with Crippen LogP contribution in [0.4, 0.5) is 0 Å². The minimum Gasteiger partial charge on any atom is -0.339 e. The molecular formula is C22H16N2. The van der Waals surface area contributed by atoms with E-state index in [-0.39, 0.29) is 0 Å². The third-order valence-corrected chi connectivity index (χ3v) is 4.68. The zero-order valence-corrected chi connectivity index (χ0v) is 13.4. The van der Waals surface area contributed by atoms with Crippen molar-refractivity contribution in [1.82, 2.24) is 9.97 Å². The highest BCUT2D eigenvalue weighted by Crippen LogP contribution is 2.38. The van der Waals surface area contributed by atoms with Gasteiger partial charge in [0.15, 0.2) is 0 Å². The van der Waals surface area contributed by atoms with E-state index < -0.39 is 0 Å². The number of para-hydroxylation sites is 2. The van der Waals surface area contributed by atoms with Gasteiger partial charge in [-0.25, -0.2) is 4.98 Å². The molecule has 114 valence electrons. The van der Waals surface area contributed by atoms with Gasteiger partial charge in [-0.1, -0.05) is 66.2 Å². The Morgan fingerprint density at radius 3 is 2.29 bits per heavy atom. The van der Waals surface area contributed by atoms with E-state index in [9.17, 15) is 0 Å². The summed E-state index contributed by atoms with van der Waals surface area (Å²) in [6.45, 7) is 2.12. The minimum atomic E-state index is 0.950. The molecule has 5 aromatic rings. The molecule has 0 aliphatic carbocycles. The predicted molar refractivity (Wildman–Crippen MR) is 101 cm³/mol. The number of aromatic amines is 1. The summed E-state index contributed by atoms with van der Waals surface area (Å²) < 4.78 is 0. The number of rotatable bonds is 1. The van der Waals surface area contributed by atoms with Crippen LogP contribution in [0.5, 0.6) is 0 Å². The first-order chi connectivity index (χ1) is 11.8. The second-order valence-corrected chi connectivity index (χ2v) is 6.26. The maximum atomic E-state index is 4.86. The van der Waals surface area contributed by atoms with Crippen molar-refractivity contribution in [3.05, 3.63) is 78.4 Å². The summed E-state index contributed by atoms with van der Waals surface area (Å²) in [5, 5.41) is 3.62. The van der Waals surface area contributed by atoms with E-state index >= 15 is 0 Å². The van der Waals surface area contributed by atoms with Crippen LogP contribution < -0.4 is 0 Å². The van der Waals surface area contributed by atoms with Gasteiger partial charge in [0.1, 0.15) is 5.65 Å². The van der Waals surface area contributed by atoms with E-state index in [0.717, 1.165) is 16.7 Å². The molecule has 0 unspecified atom stereocenters. The Balaban J connectivity index is 2.04. The topological polar surface area (TPSA) is 28.7 Å². The van der Waals surface area contributed by atoms with Crippen LogP contribution in [0, 0.1) is 6.92 Å². The van der Waals surface area contributed by atoms with Crippen molar-refractivity contribution in [2.45, 2.75) is 6.92 Å². The van der Waals surface area contributed by atoms with Crippen molar-refractivity contribution in [2.75, 3.05) is 0 Å². The number of aromatic nitrogens is 2. The standard InChI is InChI=1S/C22H16N2/c1-14-10-12-15(13-11-14)20-16-6-2-4-8-18(16)23-22-21(20)17-7-3-5-9-19(17)24-22/h2-13H,1H3,(H,23,24). The van der Waals surface area contributed by atoms with Gasteiger partial charge in [-0.05, 0) is 24.6 Å². The maximum absolute atomic E-state index is 4.86. The third kappa shape index (κ3) is 1.86. The molecule has 0 atom stereocenters. The zero-order chi connectivity index (χ0) is 16.1. The number of hydrogen-bond acceptors (Lipinski definition) is 1. The number of fused-ring (bicyclic) bond motifs is 4. The molecule has 0 bridgehead atoms. The van der Waals surface area contributed by atoms with Crippen LogP contribution in [0.25, 0.3) is 44.0 Å². The van der Waals surface area contributed by atoms with Gasteiger partial charge in [0.25, 0.3) is 0 Å². The number of nitrogens with one attached hydrogen (secondary N) is 1. The molecule has 0 aliphatic heterocycles. The zero-order valence-electron chi connectivity index (χ0n) is 13.4. The summed E-state index contributed by atoms with van der Waals surface area (Å²) in [4.78, 5) is 8.34. The summed E-state index contributed by atoms with van der Waals surface area (Å²) in [5.41, 5.74) is 6.86. The second-order valence-electron chi connectivity index (χ2n) is 6.26. The molecule has 0 saturated carbocycles. The lowest BCUT2D eigenvalue weighted by molar-refractivity contribution is 1.40. The molecule has 1 N–H and O–H groups in total. The lowest BCUT2D eigenvalue weighted by Gasteiger charge is -2.09. The SMILES string of the molecule is Cc1ccc(-c2c3ccccc3nc3[nH]c4ccccc4c23)cc1. The van der Waals surface area contributed by atoms with E-state index in [0.29, 0.717) is 0 Å². The molecule has 0 saturated heterocycles. The average Bonchev–Trinajstić information content (AvgIpc) is 2.98. The van der Waals surface area contributed by atoms with Crippen LogP contribution in [-0.4, -0.2) is 9.97 Å². The van der Waals surface area contributed by atoms with E-state index in [1.165, 1.54) is 32.8 Å². The molecule has 0 aliphatic rings. The predicted octanol–water partition coefficient (Wildman–Crippen LogP) is 5.84. The van der Waals surface area contributed by atoms with Crippen molar-refractivity contribution in [3.63, 3.8) is 0 Å². The van der Waals surface area contributed by atoms with Gasteiger partial charge in [0, 0.05) is 27.2 Å². The second kappa shape index (κ2) is 4.93. The maximum Gasteiger partial charge on any atom is 0.139 e. The highest BCUT2D eigenvalue weighted by atomic mass is 14.9. The fourth-order valence-electron chi connectivity index (χ4n) is 3.52. The Bertz CT molecular complexity index is 1200. The highest BCUT2D eigenvalue weighted by Gasteiger charge is 2.15. The van der Waals surface area contributed by atoms with Crippen molar-refractivity contribution in [1.29, 1.82) is 0 Å². The van der Waals surface area contributed by atoms with Gasteiger partial charge in [0.2, 0.25) is 0 Å². The molecule has 2 nitrogen and oxygen atoms in total.